The van der Waals surface area contributed by atoms with Gasteiger partial charge in [0.2, 0.25) is 0 Å². The fourth-order valence-corrected chi connectivity index (χ4v) is 2.55. The van der Waals surface area contributed by atoms with Crippen LogP contribution in [0.25, 0.3) is 0 Å². The molecule has 1 N–H and O–H groups in total. The predicted molar refractivity (Wildman–Crippen MR) is 71.7 cm³/mol. The summed E-state index contributed by atoms with van der Waals surface area (Å²) in [6.07, 6.45) is 4.83. The summed E-state index contributed by atoms with van der Waals surface area (Å²) in [5, 5.41) is 7.58. The Hall–Kier alpha value is -0.910. The maximum Gasteiger partial charge on any atom is 0.151 e. The van der Waals surface area contributed by atoms with Crippen LogP contribution in [0, 0.1) is 0 Å². The summed E-state index contributed by atoms with van der Waals surface area (Å²) >= 11 is 0. The first-order valence-corrected chi connectivity index (χ1v) is 7.27. The molecule has 0 unspecified atom stereocenters. The van der Waals surface area contributed by atoms with Crippen molar-refractivity contribution in [2.45, 2.75) is 50.9 Å². The van der Waals surface area contributed by atoms with Gasteiger partial charge in [-0.25, -0.2) is 0 Å². The van der Waals surface area contributed by atoms with Crippen LogP contribution in [0.15, 0.2) is 10.6 Å². The molecule has 5 heteroatoms. The summed E-state index contributed by atoms with van der Waals surface area (Å²) in [6.45, 7) is 3.42. The Bertz CT molecular complexity index is 397. The molecule has 0 atom stereocenters. The first kappa shape index (κ1) is 13.1. The smallest absolute Gasteiger partial charge is 0.151 e. The Morgan fingerprint density at radius 1 is 1.32 bits per heavy atom. The first-order valence-electron chi connectivity index (χ1n) is 7.27. The van der Waals surface area contributed by atoms with E-state index in [1.165, 1.54) is 12.8 Å². The van der Waals surface area contributed by atoms with E-state index < -0.39 is 0 Å². The Labute approximate surface area is 114 Å². The van der Waals surface area contributed by atoms with Gasteiger partial charge in [0, 0.05) is 37.9 Å². The van der Waals surface area contributed by atoms with Crippen LogP contribution in [-0.2, 0) is 17.8 Å². The van der Waals surface area contributed by atoms with Gasteiger partial charge in [-0.2, -0.15) is 0 Å². The van der Waals surface area contributed by atoms with Crippen molar-refractivity contribution in [1.29, 1.82) is 0 Å². The van der Waals surface area contributed by atoms with Crippen LogP contribution in [0.4, 0.5) is 0 Å². The van der Waals surface area contributed by atoms with Gasteiger partial charge in [0.15, 0.2) is 5.76 Å². The molecule has 1 aliphatic carbocycles. The molecule has 106 valence electrons. The van der Waals surface area contributed by atoms with Gasteiger partial charge in [0.25, 0.3) is 0 Å². The van der Waals surface area contributed by atoms with Gasteiger partial charge in [-0.1, -0.05) is 5.16 Å². The van der Waals surface area contributed by atoms with E-state index in [1.807, 2.05) is 0 Å². The van der Waals surface area contributed by atoms with Crippen molar-refractivity contribution in [3.63, 3.8) is 0 Å². The largest absolute Gasteiger partial charge is 0.381 e. The van der Waals surface area contributed by atoms with Crippen molar-refractivity contribution in [3.8, 4) is 0 Å². The van der Waals surface area contributed by atoms with Crippen molar-refractivity contribution in [3.05, 3.63) is 17.5 Å². The average molecular weight is 265 g/mol. The molecule has 1 aliphatic heterocycles. The number of rotatable bonds is 6. The minimum atomic E-state index is 0.604. The summed E-state index contributed by atoms with van der Waals surface area (Å²) in [7, 11) is 2.15. The van der Waals surface area contributed by atoms with E-state index in [1.54, 1.807) is 0 Å². The minimum Gasteiger partial charge on any atom is -0.381 e. The van der Waals surface area contributed by atoms with Crippen LogP contribution in [0.2, 0.25) is 0 Å². The lowest BCUT2D eigenvalue weighted by atomic mass is 10.1. The molecule has 2 fully saturated rings. The van der Waals surface area contributed by atoms with Crippen molar-refractivity contribution < 1.29 is 9.26 Å². The molecular formula is C14H23N3O2. The predicted octanol–water partition coefficient (Wildman–Crippen LogP) is 1.54. The number of hydrogen-bond acceptors (Lipinski definition) is 5. The minimum absolute atomic E-state index is 0.604. The molecule has 0 radical (unpaired) electrons. The van der Waals surface area contributed by atoms with Gasteiger partial charge in [-0.05, 0) is 32.7 Å². The summed E-state index contributed by atoms with van der Waals surface area (Å²) in [6, 6.07) is 3.39. The van der Waals surface area contributed by atoms with Gasteiger partial charge in [-0.15, -0.1) is 0 Å². The van der Waals surface area contributed by atoms with E-state index in [2.05, 4.69) is 28.5 Å². The topological polar surface area (TPSA) is 50.5 Å². The van der Waals surface area contributed by atoms with E-state index in [-0.39, 0.29) is 0 Å². The normalized spacial score (nSPS) is 21.2. The van der Waals surface area contributed by atoms with Crippen molar-refractivity contribution in [2.75, 3.05) is 20.3 Å². The zero-order valence-electron chi connectivity index (χ0n) is 11.6. The highest BCUT2D eigenvalue weighted by Gasteiger charge is 2.22. The van der Waals surface area contributed by atoms with Crippen LogP contribution < -0.4 is 5.32 Å². The number of ether oxygens (including phenoxy) is 1. The van der Waals surface area contributed by atoms with Crippen molar-refractivity contribution in [1.82, 2.24) is 15.4 Å². The molecule has 1 saturated heterocycles. The van der Waals surface area contributed by atoms with E-state index in [4.69, 9.17) is 9.26 Å². The summed E-state index contributed by atoms with van der Waals surface area (Å²) in [5.74, 6) is 0.960. The van der Waals surface area contributed by atoms with E-state index in [0.29, 0.717) is 12.1 Å². The molecule has 2 heterocycles. The molecule has 0 amide bonds. The highest BCUT2D eigenvalue weighted by molar-refractivity contribution is 5.06. The molecule has 3 rings (SSSR count). The molecule has 5 nitrogen and oxygen atoms in total. The molecule has 0 aromatic carbocycles. The Kier molecular flexibility index (Phi) is 4.15. The van der Waals surface area contributed by atoms with Gasteiger partial charge >= 0.3 is 0 Å². The molecule has 1 aromatic rings. The zero-order valence-corrected chi connectivity index (χ0v) is 11.6. The van der Waals surface area contributed by atoms with Gasteiger partial charge in [-0.3, -0.25) is 4.90 Å². The summed E-state index contributed by atoms with van der Waals surface area (Å²) in [4.78, 5) is 2.35. The highest BCUT2D eigenvalue weighted by Crippen LogP contribution is 2.20. The fourth-order valence-electron chi connectivity index (χ4n) is 2.55. The third kappa shape index (κ3) is 3.78. The van der Waals surface area contributed by atoms with Gasteiger partial charge in [0.1, 0.15) is 0 Å². The molecule has 1 saturated carbocycles. The van der Waals surface area contributed by atoms with Crippen LogP contribution in [0.1, 0.15) is 37.1 Å². The van der Waals surface area contributed by atoms with Crippen LogP contribution in [0.5, 0.6) is 0 Å². The van der Waals surface area contributed by atoms with Crippen LogP contribution in [-0.4, -0.2) is 42.4 Å². The van der Waals surface area contributed by atoms with Crippen LogP contribution >= 0.6 is 0 Å². The molecule has 2 aliphatic rings. The summed E-state index contributed by atoms with van der Waals surface area (Å²) < 4.78 is 10.8. The van der Waals surface area contributed by atoms with Crippen molar-refractivity contribution >= 4 is 0 Å². The number of nitrogens with one attached hydrogen (secondary N) is 1. The second-order valence-corrected chi connectivity index (χ2v) is 5.70. The monoisotopic (exact) mass is 265 g/mol. The fraction of sp³-hybridized carbons (Fsp3) is 0.786. The second-order valence-electron chi connectivity index (χ2n) is 5.70. The lowest BCUT2D eigenvalue weighted by Crippen LogP contribution is -2.36. The molecule has 0 bridgehead atoms. The van der Waals surface area contributed by atoms with E-state index in [9.17, 15) is 0 Å². The Balaban J connectivity index is 1.47. The Morgan fingerprint density at radius 3 is 2.84 bits per heavy atom. The maximum absolute atomic E-state index is 5.42. The van der Waals surface area contributed by atoms with E-state index >= 15 is 0 Å². The molecular weight excluding hydrogens is 242 g/mol. The summed E-state index contributed by atoms with van der Waals surface area (Å²) in [5.41, 5.74) is 1.02. The zero-order chi connectivity index (χ0) is 13.1. The third-order valence-corrected chi connectivity index (χ3v) is 3.98. The average Bonchev–Trinajstić information content (AvgIpc) is 3.17. The molecule has 0 spiro atoms. The molecule has 1 aromatic heterocycles. The number of hydrogen-bond donors (Lipinski definition) is 1. The van der Waals surface area contributed by atoms with E-state index in [0.717, 1.165) is 50.6 Å². The van der Waals surface area contributed by atoms with Gasteiger partial charge < -0.3 is 14.6 Å². The SMILES string of the molecule is CN(Cc1cc(CNC2CC2)no1)C1CCOCC1. The van der Waals surface area contributed by atoms with Crippen LogP contribution in [0.3, 0.4) is 0 Å². The number of aromatic nitrogens is 1. The lowest BCUT2D eigenvalue weighted by molar-refractivity contribution is 0.0381. The number of nitrogens with zero attached hydrogens (tertiary/aromatic N) is 2. The second kappa shape index (κ2) is 6.03. The third-order valence-electron chi connectivity index (χ3n) is 3.98. The molecule has 19 heavy (non-hydrogen) atoms. The maximum atomic E-state index is 5.42. The highest BCUT2D eigenvalue weighted by atomic mass is 16.5. The standard InChI is InChI=1S/C14H23N3O2/c1-17(13-4-6-18-7-5-13)10-14-8-12(16-19-14)9-15-11-2-3-11/h8,11,13,15H,2-7,9-10H2,1H3. The first-order chi connectivity index (χ1) is 9.31. The lowest BCUT2D eigenvalue weighted by Gasteiger charge is -2.30. The Morgan fingerprint density at radius 2 is 2.11 bits per heavy atom. The quantitative estimate of drug-likeness (QED) is 0.845. The van der Waals surface area contributed by atoms with Gasteiger partial charge in [0.05, 0.1) is 12.2 Å². The van der Waals surface area contributed by atoms with Crippen molar-refractivity contribution in [2.24, 2.45) is 0 Å².